The van der Waals surface area contributed by atoms with Crippen LogP contribution in [0.15, 0.2) is 279 Å². The summed E-state index contributed by atoms with van der Waals surface area (Å²) in [4.78, 5) is 0. The van der Waals surface area contributed by atoms with Crippen LogP contribution in [0.3, 0.4) is 0 Å². The van der Waals surface area contributed by atoms with E-state index in [-0.39, 0.29) is 0 Å². The van der Waals surface area contributed by atoms with E-state index in [4.69, 9.17) is 0 Å². The van der Waals surface area contributed by atoms with E-state index < -0.39 is 8.07 Å². The van der Waals surface area contributed by atoms with Crippen molar-refractivity contribution in [1.29, 1.82) is 0 Å². The monoisotopic (exact) mass is 894 g/mol. The molecular formula is C66H46N2Si. The Labute approximate surface area is 403 Å². The van der Waals surface area contributed by atoms with Gasteiger partial charge in [0.2, 0.25) is 0 Å². The van der Waals surface area contributed by atoms with Crippen molar-refractivity contribution in [2.75, 3.05) is 0 Å². The first kappa shape index (κ1) is 40.5. The summed E-state index contributed by atoms with van der Waals surface area (Å²) < 4.78 is 4.96. The van der Waals surface area contributed by atoms with Crippen molar-refractivity contribution in [1.82, 2.24) is 9.13 Å². The number of benzene rings is 11. The zero-order valence-corrected chi connectivity index (χ0v) is 39.0. The topological polar surface area (TPSA) is 9.86 Å². The van der Waals surface area contributed by atoms with Crippen LogP contribution in [-0.4, -0.2) is 17.2 Å². The second kappa shape index (κ2) is 16.8. The normalized spacial score (nSPS) is 11.8. The molecule has 0 saturated carbocycles. The Balaban J connectivity index is 1.02. The van der Waals surface area contributed by atoms with E-state index in [0.717, 1.165) is 11.4 Å². The van der Waals surface area contributed by atoms with Crippen molar-refractivity contribution in [2.24, 2.45) is 0 Å². The molecule has 0 atom stereocenters. The Morgan fingerprint density at radius 2 is 0.667 bits per heavy atom. The third-order valence-corrected chi connectivity index (χ3v) is 19.0. The molecule has 69 heavy (non-hydrogen) atoms. The van der Waals surface area contributed by atoms with E-state index >= 15 is 0 Å². The highest BCUT2D eigenvalue weighted by Crippen LogP contribution is 2.41. The molecule has 0 saturated heterocycles. The Morgan fingerprint density at radius 3 is 1.32 bits per heavy atom. The Morgan fingerprint density at radius 1 is 0.232 bits per heavy atom. The lowest BCUT2D eigenvalue weighted by Crippen LogP contribution is -2.74. The number of fused-ring (bicyclic) bond motifs is 6. The van der Waals surface area contributed by atoms with Gasteiger partial charge in [0.05, 0.1) is 22.1 Å². The van der Waals surface area contributed by atoms with Gasteiger partial charge in [-0.2, -0.15) is 0 Å². The van der Waals surface area contributed by atoms with Crippen LogP contribution < -0.4 is 20.7 Å². The van der Waals surface area contributed by atoms with Gasteiger partial charge < -0.3 is 9.13 Å². The Hall–Kier alpha value is -8.76. The van der Waals surface area contributed by atoms with E-state index in [9.17, 15) is 0 Å². The zero-order valence-electron chi connectivity index (χ0n) is 38.0. The van der Waals surface area contributed by atoms with Gasteiger partial charge in [0.1, 0.15) is 0 Å². The fourth-order valence-corrected chi connectivity index (χ4v) is 16.0. The minimum Gasteiger partial charge on any atom is -0.309 e. The summed E-state index contributed by atoms with van der Waals surface area (Å²) in [6.45, 7) is 0. The van der Waals surface area contributed by atoms with Crippen molar-refractivity contribution in [2.45, 2.75) is 0 Å². The molecule has 0 bridgehead atoms. The molecule has 0 N–H and O–H groups in total. The molecule has 3 heteroatoms. The summed E-state index contributed by atoms with van der Waals surface area (Å²) in [5.41, 5.74) is 14.3. The number of rotatable bonds is 9. The van der Waals surface area contributed by atoms with Crippen LogP contribution in [0, 0.1) is 0 Å². The smallest absolute Gasteiger partial charge is 0.179 e. The van der Waals surface area contributed by atoms with Crippen molar-refractivity contribution in [3.05, 3.63) is 279 Å². The number of nitrogens with zero attached hydrogens (tertiary/aromatic N) is 2. The van der Waals surface area contributed by atoms with Crippen LogP contribution >= 0.6 is 0 Å². The third kappa shape index (κ3) is 6.70. The zero-order chi connectivity index (χ0) is 45.7. The maximum atomic E-state index is 2.49. The first-order valence-corrected chi connectivity index (χ1v) is 25.8. The molecule has 13 aromatic rings. The summed E-state index contributed by atoms with van der Waals surface area (Å²) in [5.74, 6) is 0. The summed E-state index contributed by atoms with van der Waals surface area (Å²) in [7, 11) is -2.91. The molecule has 0 aliphatic rings. The lowest BCUT2D eigenvalue weighted by Gasteiger charge is -2.35. The van der Waals surface area contributed by atoms with Crippen molar-refractivity contribution in [3.8, 4) is 44.8 Å². The molecule has 0 amide bonds. The van der Waals surface area contributed by atoms with Gasteiger partial charge in [-0.25, -0.2) is 0 Å². The van der Waals surface area contributed by atoms with Crippen molar-refractivity contribution < 1.29 is 0 Å². The second-order valence-electron chi connectivity index (χ2n) is 18.0. The Bertz CT molecular complexity index is 3960. The highest BCUT2D eigenvalue weighted by atomic mass is 28.3. The van der Waals surface area contributed by atoms with Crippen LogP contribution in [0.5, 0.6) is 0 Å². The highest BCUT2D eigenvalue weighted by molar-refractivity contribution is 7.20. The fourth-order valence-electron chi connectivity index (χ4n) is 11.2. The van der Waals surface area contributed by atoms with E-state index in [2.05, 4.69) is 288 Å². The van der Waals surface area contributed by atoms with E-state index in [0.29, 0.717) is 0 Å². The van der Waals surface area contributed by atoms with Gasteiger partial charge in [0.25, 0.3) is 0 Å². The lowest BCUT2D eigenvalue weighted by atomic mass is 9.99. The number of aromatic nitrogens is 2. The largest absolute Gasteiger partial charge is 0.309 e. The third-order valence-electron chi connectivity index (χ3n) is 14.2. The molecule has 0 aliphatic carbocycles. The summed E-state index contributed by atoms with van der Waals surface area (Å²) in [6, 6.07) is 103. The van der Waals surface area contributed by atoms with Gasteiger partial charge >= 0.3 is 0 Å². The number of hydrogen-bond donors (Lipinski definition) is 0. The molecule has 2 nitrogen and oxygen atoms in total. The standard InChI is InChI=1S/C66H46N2Si/c1-5-21-47(22-6-1)49-25-17-27-52(43-49)68-64-40-16-13-35-59(64)61-38-20-37-58(66(61)68)51-41-42-65-62(45-51)60-36-14-15-39-63(60)67(65)53-28-19-34-57(46-53)69(54-29-9-3-10-30-54,55-31-11-4-12-32-55)56-33-18-26-50(44-56)48-23-7-2-8-24-48/h1-46H. The minimum absolute atomic E-state index is 1.14. The summed E-state index contributed by atoms with van der Waals surface area (Å²) in [5, 5.41) is 10.3. The molecule has 0 spiro atoms. The maximum Gasteiger partial charge on any atom is 0.179 e. The molecule has 13 rings (SSSR count). The maximum absolute atomic E-state index is 2.91. The first-order valence-electron chi connectivity index (χ1n) is 23.8. The highest BCUT2D eigenvalue weighted by Gasteiger charge is 2.42. The van der Waals surface area contributed by atoms with Gasteiger partial charge in [0.15, 0.2) is 8.07 Å². The van der Waals surface area contributed by atoms with Crippen molar-refractivity contribution >= 4 is 72.4 Å². The van der Waals surface area contributed by atoms with Gasteiger partial charge in [-0.05, 0) is 97.1 Å². The SMILES string of the molecule is c1ccc(-c2cccc(-n3c4ccccc4c4cccc(-c5ccc6c(c5)c5ccccc5n6-c5cccc([Si](c6ccccc6)(c6ccccc6)c6cccc(-c7ccccc7)c6)c5)c43)c2)cc1. The lowest BCUT2D eigenvalue weighted by molar-refractivity contribution is 1.18. The Kier molecular flexibility index (Phi) is 9.88. The second-order valence-corrected chi connectivity index (χ2v) is 21.8. The van der Waals surface area contributed by atoms with Gasteiger partial charge in [-0.3, -0.25) is 0 Å². The van der Waals surface area contributed by atoms with Crippen LogP contribution in [0.25, 0.3) is 88.4 Å². The molecule has 2 heterocycles. The molecule has 0 unspecified atom stereocenters. The number of hydrogen-bond acceptors (Lipinski definition) is 0. The van der Waals surface area contributed by atoms with E-state index in [1.165, 1.54) is 97.7 Å². The van der Waals surface area contributed by atoms with Crippen LogP contribution in [0.4, 0.5) is 0 Å². The number of para-hydroxylation sites is 3. The summed E-state index contributed by atoms with van der Waals surface area (Å²) >= 11 is 0. The van der Waals surface area contributed by atoms with Gasteiger partial charge in [-0.15, -0.1) is 0 Å². The average Bonchev–Trinajstić information content (AvgIpc) is 3.95. The minimum atomic E-state index is -2.91. The molecule has 0 fully saturated rings. The quantitative estimate of drug-likeness (QED) is 0.101. The predicted molar refractivity (Wildman–Crippen MR) is 295 cm³/mol. The molecule has 2 aromatic heterocycles. The van der Waals surface area contributed by atoms with E-state index in [1.807, 2.05) is 0 Å². The van der Waals surface area contributed by atoms with Gasteiger partial charge in [-0.1, -0.05) is 231 Å². The van der Waals surface area contributed by atoms with Crippen LogP contribution in [-0.2, 0) is 0 Å². The predicted octanol–water partition coefficient (Wildman–Crippen LogP) is 14.3. The molecule has 324 valence electrons. The first-order chi connectivity index (χ1) is 34.2. The van der Waals surface area contributed by atoms with Gasteiger partial charge in [0, 0.05) is 38.5 Å². The van der Waals surface area contributed by atoms with E-state index in [1.54, 1.807) is 0 Å². The van der Waals surface area contributed by atoms with Crippen molar-refractivity contribution in [3.63, 3.8) is 0 Å². The average molecular weight is 895 g/mol. The molecular weight excluding hydrogens is 849 g/mol. The van der Waals surface area contributed by atoms with Crippen LogP contribution in [0.2, 0.25) is 0 Å². The molecule has 0 aliphatic heterocycles. The molecule has 11 aromatic carbocycles. The van der Waals surface area contributed by atoms with Crippen LogP contribution in [0.1, 0.15) is 0 Å². The molecule has 0 radical (unpaired) electrons. The summed E-state index contributed by atoms with van der Waals surface area (Å²) in [6.07, 6.45) is 0. The fraction of sp³-hybridized carbons (Fsp3) is 0.